The van der Waals surface area contributed by atoms with E-state index in [0.29, 0.717) is 11.5 Å². The minimum Gasteiger partial charge on any atom is -0.507 e. The van der Waals surface area contributed by atoms with Crippen molar-refractivity contribution in [3.8, 4) is 34.5 Å². The number of phenolic OH excluding ortho intramolecular Hbond substituents is 2. The number of aromatic hydroxyl groups is 2. The van der Waals surface area contributed by atoms with Gasteiger partial charge in [-0.2, -0.15) is 0 Å². The zero-order valence-corrected chi connectivity index (χ0v) is 24.7. The molecule has 8 rings (SSSR count). The first-order valence-corrected chi connectivity index (χ1v) is 14.7. The molecule has 48 heavy (non-hydrogen) atoms. The van der Waals surface area contributed by atoms with E-state index in [9.17, 15) is 29.4 Å². The molecule has 0 fully saturated rings. The van der Waals surface area contributed by atoms with E-state index >= 15 is 0 Å². The molecule has 2 aliphatic carbocycles. The average Bonchev–Trinajstić information content (AvgIpc) is 3.09. The van der Waals surface area contributed by atoms with Crippen LogP contribution in [-0.4, -0.2) is 33.3 Å². The largest absolute Gasteiger partial charge is 0.507 e. The molecule has 6 aromatic carbocycles. The monoisotopic (exact) mass is 634 g/mol. The molecular weight excluding hydrogens is 612 g/mol. The average molecular weight is 635 g/mol. The molecule has 10 heteroatoms. The van der Waals surface area contributed by atoms with Crippen molar-refractivity contribution >= 4 is 45.3 Å². The summed E-state index contributed by atoms with van der Waals surface area (Å²) in [6.07, 6.45) is 0. The lowest BCUT2D eigenvalue weighted by Crippen LogP contribution is -2.22. The third-order valence-electron chi connectivity index (χ3n) is 8.60. The van der Waals surface area contributed by atoms with Gasteiger partial charge in [0, 0.05) is 34.4 Å². The van der Waals surface area contributed by atoms with Gasteiger partial charge < -0.3 is 31.2 Å². The van der Waals surface area contributed by atoms with Gasteiger partial charge in [-0.3, -0.25) is 19.2 Å². The van der Waals surface area contributed by atoms with Gasteiger partial charge in [0.2, 0.25) is 0 Å². The number of benzene rings is 6. The van der Waals surface area contributed by atoms with E-state index in [1.807, 2.05) is 0 Å². The second kappa shape index (κ2) is 10.3. The second-order valence-corrected chi connectivity index (χ2v) is 11.4. The Kier molecular flexibility index (Phi) is 6.12. The fraction of sp³-hybridized carbons (Fsp3) is 0. The summed E-state index contributed by atoms with van der Waals surface area (Å²) in [5.41, 5.74) is 12.8. The van der Waals surface area contributed by atoms with E-state index in [0.717, 1.165) is 10.8 Å². The molecule has 6 N–H and O–H groups in total. The number of carbonyl (C=O) groups excluding carboxylic acids is 4. The molecule has 0 saturated carbocycles. The van der Waals surface area contributed by atoms with Crippen LogP contribution in [-0.2, 0) is 0 Å². The SMILES string of the molecule is Nc1c(Oc2ccc3cc(Oc4cc(O)c5c(c4N)C(=O)c4ccccc4C5=O)ccc3c2)cc(O)c2c1C(=O)c1ccccc1C2=O. The van der Waals surface area contributed by atoms with E-state index in [1.54, 1.807) is 60.7 Å². The fourth-order valence-electron chi connectivity index (χ4n) is 6.30. The lowest BCUT2D eigenvalue weighted by Gasteiger charge is -2.22. The maximum absolute atomic E-state index is 13.3. The Labute approximate surface area is 271 Å². The van der Waals surface area contributed by atoms with Gasteiger partial charge in [-0.05, 0) is 35.0 Å². The van der Waals surface area contributed by atoms with E-state index in [1.165, 1.54) is 36.4 Å². The molecule has 0 unspecified atom stereocenters. The minimum absolute atomic E-state index is 0.00410. The van der Waals surface area contributed by atoms with Crippen LogP contribution in [0.2, 0.25) is 0 Å². The van der Waals surface area contributed by atoms with Gasteiger partial charge in [0.25, 0.3) is 0 Å². The predicted octanol–water partition coefficient (Wildman–Crippen LogP) is 6.55. The van der Waals surface area contributed by atoms with Crippen LogP contribution < -0.4 is 20.9 Å². The normalized spacial score (nSPS) is 13.1. The number of ether oxygens (including phenoxy) is 2. The first kappa shape index (κ1) is 28.5. The number of hydrogen-bond donors (Lipinski definition) is 4. The predicted molar refractivity (Wildman–Crippen MR) is 176 cm³/mol. The Bertz CT molecular complexity index is 2310. The topological polar surface area (TPSA) is 179 Å². The number of nitrogens with two attached hydrogens (primary N) is 2. The van der Waals surface area contributed by atoms with Crippen molar-refractivity contribution in [3.63, 3.8) is 0 Å². The molecule has 0 spiro atoms. The molecule has 6 aromatic rings. The molecule has 0 aliphatic heterocycles. The van der Waals surface area contributed by atoms with Gasteiger partial charge in [-0.1, -0.05) is 60.7 Å². The van der Waals surface area contributed by atoms with Gasteiger partial charge >= 0.3 is 0 Å². The Hall–Kier alpha value is -6.94. The van der Waals surface area contributed by atoms with Gasteiger partial charge in [0.1, 0.15) is 23.0 Å². The van der Waals surface area contributed by atoms with Gasteiger partial charge in [0.15, 0.2) is 34.6 Å². The molecule has 0 radical (unpaired) electrons. The smallest absolute Gasteiger partial charge is 0.198 e. The number of rotatable bonds is 4. The summed E-state index contributed by atoms with van der Waals surface area (Å²) in [6, 6.07) is 25.3. The van der Waals surface area contributed by atoms with E-state index in [4.69, 9.17) is 20.9 Å². The van der Waals surface area contributed by atoms with Crippen LogP contribution in [0.1, 0.15) is 63.7 Å². The van der Waals surface area contributed by atoms with Gasteiger partial charge in [0.05, 0.1) is 33.6 Å². The van der Waals surface area contributed by atoms with Crippen molar-refractivity contribution in [1.82, 2.24) is 0 Å². The lowest BCUT2D eigenvalue weighted by atomic mass is 9.82. The van der Waals surface area contributed by atoms with Crippen molar-refractivity contribution < 1.29 is 38.9 Å². The van der Waals surface area contributed by atoms with Crippen molar-refractivity contribution in [2.24, 2.45) is 0 Å². The fourth-order valence-corrected chi connectivity index (χ4v) is 6.30. The van der Waals surface area contributed by atoms with Crippen LogP contribution in [0.25, 0.3) is 10.8 Å². The molecule has 10 nitrogen and oxygen atoms in total. The third kappa shape index (κ3) is 4.13. The summed E-state index contributed by atoms with van der Waals surface area (Å²) in [4.78, 5) is 52.8. The Morgan fingerprint density at radius 3 is 1.12 bits per heavy atom. The maximum Gasteiger partial charge on any atom is 0.198 e. The van der Waals surface area contributed by atoms with Gasteiger partial charge in [-0.15, -0.1) is 0 Å². The summed E-state index contributed by atoms with van der Waals surface area (Å²) in [7, 11) is 0. The van der Waals surface area contributed by atoms with Crippen LogP contribution in [0.5, 0.6) is 34.5 Å². The summed E-state index contributed by atoms with van der Waals surface area (Å²) in [5, 5.41) is 23.0. The standard InChI is InChI=1S/C38H22N2O8/c39-33-27(15-25(41)29-31(33)37(45)23-7-3-1-5-21(23)35(29)43)47-19-11-9-18-14-20(12-10-17(18)13-19)48-28-16-26(42)30-32(34(28)40)38(46)24-8-4-2-6-22(24)36(30)44/h1-16,41-42H,39-40H2. The number of hydrogen-bond acceptors (Lipinski definition) is 10. The molecule has 0 bridgehead atoms. The molecular formula is C38H22N2O8. The first-order chi connectivity index (χ1) is 23.1. The molecule has 232 valence electrons. The van der Waals surface area contributed by atoms with Crippen molar-refractivity contribution in [2.75, 3.05) is 11.5 Å². The highest BCUT2D eigenvalue weighted by atomic mass is 16.5. The van der Waals surface area contributed by atoms with Crippen LogP contribution in [0.15, 0.2) is 97.1 Å². The van der Waals surface area contributed by atoms with Crippen LogP contribution in [0, 0.1) is 0 Å². The molecule has 0 saturated heterocycles. The van der Waals surface area contributed by atoms with Crippen LogP contribution in [0.3, 0.4) is 0 Å². The lowest BCUT2D eigenvalue weighted by molar-refractivity contribution is 0.0977. The van der Waals surface area contributed by atoms with E-state index in [-0.39, 0.29) is 67.4 Å². The number of phenols is 2. The van der Waals surface area contributed by atoms with Crippen molar-refractivity contribution in [1.29, 1.82) is 0 Å². The van der Waals surface area contributed by atoms with Crippen molar-refractivity contribution in [2.45, 2.75) is 0 Å². The highest BCUT2D eigenvalue weighted by molar-refractivity contribution is 6.32. The van der Waals surface area contributed by atoms with Crippen molar-refractivity contribution in [3.05, 3.63) is 142 Å². The van der Waals surface area contributed by atoms with E-state index in [2.05, 4.69) is 0 Å². The molecule has 0 aromatic heterocycles. The highest BCUT2D eigenvalue weighted by Crippen LogP contribution is 2.45. The molecule has 2 aliphatic rings. The zero-order chi connectivity index (χ0) is 33.4. The summed E-state index contributed by atoms with van der Waals surface area (Å²) < 4.78 is 12.0. The van der Waals surface area contributed by atoms with Gasteiger partial charge in [-0.25, -0.2) is 0 Å². The number of ketones is 4. The highest BCUT2D eigenvalue weighted by Gasteiger charge is 2.36. The first-order valence-electron chi connectivity index (χ1n) is 14.7. The summed E-state index contributed by atoms with van der Waals surface area (Å²) in [6.45, 7) is 0. The number of anilines is 2. The summed E-state index contributed by atoms with van der Waals surface area (Å²) in [5.74, 6) is -2.14. The zero-order valence-electron chi connectivity index (χ0n) is 24.7. The maximum atomic E-state index is 13.3. The third-order valence-corrected chi connectivity index (χ3v) is 8.60. The van der Waals surface area contributed by atoms with E-state index < -0.39 is 34.6 Å². The Morgan fingerprint density at radius 2 is 0.771 bits per heavy atom. The Balaban J connectivity index is 1.09. The molecule has 0 atom stereocenters. The quantitative estimate of drug-likeness (QED) is 0.122. The Morgan fingerprint density at radius 1 is 0.438 bits per heavy atom. The summed E-state index contributed by atoms with van der Waals surface area (Å²) >= 11 is 0. The molecule has 0 heterocycles. The number of fused-ring (bicyclic) bond motifs is 5. The van der Waals surface area contributed by atoms with Crippen LogP contribution in [0.4, 0.5) is 11.4 Å². The minimum atomic E-state index is -0.502. The second-order valence-electron chi connectivity index (χ2n) is 11.4. The molecule has 0 amide bonds. The van der Waals surface area contributed by atoms with Crippen LogP contribution >= 0.6 is 0 Å². The number of nitrogen functional groups attached to an aromatic ring is 2. The number of carbonyl (C=O) groups is 4.